The van der Waals surface area contributed by atoms with Gasteiger partial charge in [-0.05, 0) is 42.5 Å². The number of nitrogens with zero attached hydrogens (tertiary/aromatic N) is 3. The van der Waals surface area contributed by atoms with Crippen LogP contribution < -0.4 is 5.32 Å². The second-order valence-electron chi connectivity index (χ2n) is 5.39. The van der Waals surface area contributed by atoms with Crippen LogP contribution in [-0.4, -0.2) is 46.5 Å². The first-order valence-electron chi connectivity index (χ1n) is 7.13. The molecule has 0 aromatic carbocycles. The zero-order chi connectivity index (χ0) is 14.7. The minimum absolute atomic E-state index is 0.334. The number of thioether (sulfide) groups is 1. The lowest BCUT2D eigenvalue weighted by molar-refractivity contribution is 0.264. The molecule has 0 bridgehead atoms. The normalized spacial score (nSPS) is 20.4. The Morgan fingerprint density at radius 3 is 2.80 bits per heavy atom. The molecule has 0 spiro atoms. The maximum atomic E-state index is 4.88. The van der Waals surface area contributed by atoms with Crippen LogP contribution in [0.3, 0.4) is 0 Å². The number of nitrogens with one attached hydrogen (secondary N) is 1. The van der Waals surface area contributed by atoms with Gasteiger partial charge in [0.1, 0.15) is 11.6 Å². The van der Waals surface area contributed by atoms with Crippen molar-refractivity contribution in [3.63, 3.8) is 0 Å². The largest absolute Gasteiger partial charge is 0.369 e. The van der Waals surface area contributed by atoms with E-state index in [1.807, 2.05) is 11.8 Å². The molecule has 1 aromatic rings. The average molecular weight is 406 g/mol. The van der Waals surface area contributed by atoms with Crippen molar-refractivity contribution >= 4 is 40.2 Å². The molecule has 1 aliphatic rings. The molecule has 0 radical (unpaired) electrons. The molecular formula is C14H23IN4S. The van der Waals surface area contributed by atoms with Gasteiger partial charge in [-0.2, -0.15) is 11.8 Å². The van der Waals surface area contributed by atoms with Gasteiger partial charge in [0.05, 0.1) is 15.3 Å². The highest BCUT2D eigenvalue weighted by Gasteiger charge is 2.26. The van der Waals surface area contributed by atoms with E-state index >= 15 is 0 Å². The fourth-order valence-electron chi connectivity index (χ4n) is 2.26. The molecule has 1 aliphatic heterocycles. The van der Waals surface area contributed by atoms with Crippen molar-refractivity contribution in [2.45, 2.75) is 32.7 Å². The van der Waals surface area contributed by atoms with Gasteiger partial charge in [-0.3, -0.25) is 4.90 Å². The van der Waals surface area contributed by atoms with Gasteiger partial charge in [-0.15, -0.1) is 0 Å². The fraction of sp³-hybridized carbons (Fsp3) is 0.714. The van der Waals surface area contributed by atoms with Crippen molar-refractivity contribution in [1.29, 1.82) is 0 Å². The highest BCUT2D eigenvalue weighted by molar-refractivity contribution is 14.1. The lowest BCUT2D eigenvalue weighted by Crippen LogP contribution is -2.34. The number of rotatable bonds is 4. The maximum absolute atomic E-state index is 4.88. The van der Waals surface area contributed by atoms with Crippen LogP contribution >= 0.6 is 34.4 Å². The summed E-state index contributed by atoms with van der Waals surface area (Å²) in [7, 11) is 2.17. The van der Waals surface area contributed by atoms with Gasteiger partial charge in [0.15, 0.2) is 0 Å². The highest BCUT2D eigenvalue weighted by atomic mass is 127. The molecule has 2 rings (SSSR count). The lowest BCUT2D eigenvalue weighted by Gasteiger charge is -2.31. The third kappa shape index (κ3) is 3.57. The summed E-state index contributed by atoms with van der Waals surface area (Å²) in [5, 5.41) is 3.38. The van der Waals surface area contributed by atoms with Crippen molar-refractivity contribution in [3.8, 4) is 0 Å². The molecule has 20 heavy (non-hydrogen) atoms. The molecule has 4 nitrogen and oxygen atoms in total. The lowest BCUT2D eigenvalue weighted by atomic mass is 10.1. The Balaban J connectivity index is 2.41. The molecule has 1 unspecified atom stereocenters. The van der Waals surface area contributed by atoms with Crippen LogP contribution in [0, 0.1) is 3.57 Å². The van der Waals surface area contributed by atoms with Crippen molar-refractivity contribution in [3.05, 3.63) is 15.1 Å². The van der Waals surface area contributed by atoms with Gasteiger partial charge in [0.25, 0.3) is 0 Å². The number of hydrogen-bond acceptors (Lipinski definition) is 5. The van der Waals surface area contributed by atoms with E-state index in [0.29, 0.717) is 12.0 Å². The Morgan fingerprint density at radius 2 is 2.20 bits per heavy atom. The number of halogens is 1. The molecule has 112 valence electrons. The standard InChI is InChI=1S/C14H23IN4S/c1-5-16-14-11(15)12(9(2)3)17-13(18-14)10-8-20-7-6-19(10)4/h9-10H,5-8H2,1-4H3,(H,16,17,18). The average Bonchev–Trinajstić information content (AvgIpc) is 2.41. The molecule has 0 aliphatic carbocycles. The Hall–Kier alpha value is -0.0800. The van der Waals surface area contributed by atoms with E-state index in [2.05, 4.69) is 60.6 Å². The molecule has 1 saturated heterocycles. The van der Waals surface area contributed by atoms with E-state index in [4.69, 9.17) is 9.97 Å². The molecule has 2 heterocycles. The molecular weight excluding hydrogens is 383 g/mol. The number of anilines is 1. The quantitative estimate of drug-likeness (QED) is 0.777. The summed E-state index contributed by atoms with van der Waals surface area (Å²) in [5.41, 5.74) is 1.16. The van der Waals surface area contributed by atoms with Gasteiger partial charge in [0.2, 0.25) is 0 Å². The van der Waals surface area contributed by atoms with E-state index < -0.39 is 0 Å². The predicted octanol–water partition coefficient (Wildman–Crippen LogP) is 3.36. The van der Waals surface area contributed by atoms with Crippen molar-refractivity contribution < 1.29 is 0 Å². The van der Waals surface area contributed by atoms with Crippen LogP contribution in [-0.2, 0) is 0 Å². The fourth-order valence-corrected chi connectivity index (χ4v) is 4.52. The third-order valence-corrected chi connectivity index (χ3v) is 5.57. The van der Waals surface area contributed by atoms with E-state index in [-0.39, 0.29) is 0 Å². The first-order chi connectivity index (χ1) is 9.54. The van der Waals surface area contributed by atoms with Crippen LogP contribution in [0.4, 0.5) is 5.82 Å². The van der Waals surface area contributed by atoms with Gasteiger partial charge < -0.3 is 5.32 Å². The summed E-state index contributed by atoms with van der Waals surface area (Å²) in [6.45, 7) is 8.50. The van der Waals surface area contributed by atoms with Crippen molar-refractivity contribution in [1.82, 2.24) is 14.9 Å². The van der Waals surface area contributed by atoms with Crippen LogP contribution in [0.15, 0.2) is 0 Å². The Labute approximate surface area is 139 Å². The monoisotopic (exact) mass is 406 g/mol. The zero-order valence-corrected chi connectivity index (χ0v) is 15.6. The van der Waals surface area contributed by atoms with E-state index in [1.54, 1.807) is 0 Å². The van der Waals surface area contributed by atoms with Gasteiger partial charge in [-0.25, -0.2) is 9.97 Å². The molecule has 6 heteroatoms. The summed E-state index contributed by atoms with van der Waals surface area (Å²) in [6.07, 6.45) is 0. The van der Waals surface area contributed by atoms with Gasteiger partial charge in [0, 0.05) is 24.6 Å². The third-order valence-electron chi connectivity index (χ3n) is 3.48. The van der Waals surface area contributed by atoms with Gasteiger partial charge in [-0.1, -0.05) is 13.8 Å². The molecule has 1 aromatic heterocycles. The summed E-state index contributed by atoms with van der Waals surface area (Å²) in [6, 6.07) is 0.334. The molecule has 1 atom stereocenters. The SMILES string of the molecule is CCNc1nc(C2CSCCN2C)nc(C(C)C)c1I. The summed E-state index contributed by atoms with van der Waals surface area (Å²) in [5.74, 6) is 4.67. The van der Waals surface area contributed by atoms with E-state index in [0.717, 1.165) is 39.7 Å². The van der Waals surface area contributed by atoms with Crippen molar-refractivity contribution in [2.24, 2.45) is 0 Å². The summed E-state index contributed by atoms with van der Waals surface area (Å²) in [4.78, 5) is 12.0. The van der Waals surface area contributed by atoms with Crippen molar-refractivity contribution in [2.75, 3.05) is 37.0 Å². The Kier molecular flexibility index (Phi) is 5.92. The second-order valence-corrected chi connectivity index (χ2v) is 7.61. The zero-order valence-electron chi connectivity index (χ0n) is 12.6. The second kappa shape index (κ2) is 7.26. The van der Waals surface area contributed by atoms with Gasteiger partial charge >= 0.3 is 0 Å². The smallest absolute Gasteiger partial charge is 0.149 e. The first-order valence-corrected chi connectivity index (χ1v) is 9.37. The predicted molar refractivity (Wildman–Crippen MR) is 95.7 cm³/mol. The molecule has 0 amide bonds. The Morgan fingerprint density at radius 1 is 1.45 bits per heavy atom. The minimum atomic E-state index is 0.334. The first kappa shape index (κ1) is 16.3. The van der Waals surface area contributed by atoms with Crippen LogP contribution in [0.25, 0.3) is 0 Å². The van der Waals surface area contributed by atoms with Crippen LogP contribution in [0.2, 0.25) is 0 Å². The summed E-state index contributed by atoms with van der Waals surface area (Å²) >= 11 is 4.36. The molecule has 1 N–H and O–H groups in total. The number of hydrogen-bond donors (Lipinski definition) is 1. The van der Waals surface area contributed by atoms with Crippen LogP contribution in [0.1, 0.15) is 44.2 Å². The highest BCUT2D eigenvalue weighted by Crippen LogP contribution is 2.31. The van der Waals surface area contributed by atoms with Crippen LogP contribution in [0.5, 0.6) is 0 Å². The Bertz CT molecular complexity index is 467. The molecule has 0 saturated carbocycles. The topological polar surface area (TPSA) is 41.1 Å². The minimum Gasteiger partial charge on any atom is -0.369 e. The molecule has 1 fully saturated rings. The maximum Gasteiger partial charge on any atom is 0.149 e. The van der Waals surface area contributed by atoms with E-state index in [9.17, 15) is 0 Å². The van der Waals surface area contributed by atoms with E-state index in [1.165, 1.54) is 5.75 Å². The summed E-state index contributed by atoms with van der Waals surface area (Å²) < 4.78 is 1.16. The number of aromatic nitrogens is 2.